The lowest BCUT2D eigenvalue weighted by Gasteiger charge is -2.19. The van der Waals surface area contributed by atoms with Gasteiger partial charge in [0.2, 0.25) is 0 Å². The maximum atomic E-state index is 12.4. The Hall–Kier alpha value is -3.86. The normalized spacial score (nSPS) is 26.0. The van der Waals surface area contributed by atoms with Crippen molar-refractivity contribution in [1.29, 1.82) is 0 Å². The molecule has 0 heterocycles. The number of carbonyl (C=O) groups excluding carboxylic acids is 2. The fraction of sp³-hybridized carbons (Fsp3) is 0.350. The van der Waals surface area contributed by atoms with Gasteiger partial charge in [0.05, 0.1) is 12.2 Å². The van der Waals surface area contributed by atoms with E-state index in [1.807, 2.05) is 84.9 Å². The molecule has 0 saturated carbocycles. The van der Waals surface area contributed by atoms with E-state index in [0.29, 0.717) is 11.8 Å². The Kier molecular flexibility index (Phi) is 8.05. The lowest BCUT2D eigenvalue weighted by atomic mass is 9.90. The summed E-state index contributed by atoms with van der Waals surface area (Å²) < 4.78 is 0. The molecule has 0 amide bonds. The van der Waals surface area contributed by atoms with Gasteiger partial charge in [-0.2, -0.15) is 0 Å². The second-order valence-electron chi connectivity index (χ2n) is 13.2. The summed E-state index contributed by atoms with van der Waals surface area (Å²) in [6.07, 6.45) is 6.52. The van der Waals surface area contributed by atoms with Crippen molar-refractivity contribution < 1.29 is 19.8 Å². The van der Waals surface area contributed by atoms with Crippen molar-refractivity contribution >= 4 is 11.6 Å². The zero-order valence-corrected chi connectivity index (χ0v) is 25.1. The minimum atomic E-state index is -0.336. The van der Waals surface area contributed by atoms with E-state index in [9.17, 15) is 19.8 Å². The van der Waals surface area contributed by atoms with Gasteiger partial charge in [0.15, 0.2) is 11.6 Å². The molecule has 0 spiro atoms. The molecule has 0 saturated heterocycles. The van der Waals surface area contributed by atoms with Gasteiger partial charge in [0.1, 0.15) is 0 Å². The number of Topliss-reactive ketones (excluding diaryl/α,β-unsaturated/α-hetero) is 2. The maximum absolute atomic E-state index is 12.4. The molecule has 4 aromatic rings. The van der Waals surface area contributed by atoms with Crippen LogP contribution in [0.3, 0.4) is 0 Å². The highest BCUT2D eigenvalue weighted by molar-refractivity contribution is 6.03. The van der Waals surface area contributed by atoms with Crippen LogP contribution in [0, 0.1) is 23.7 Å². The summed E-state index contributed by atoms with van der Waals surface area (Å²) >= 11 is 0. The van der Waals surface area contributed by atoms with Gasteiger partial charge < -0.3 is 10.2 Å². The van der Waals surface area contributed by atoms with E-state index in [4.69, 9.17) is 0 Å². The summed E-state index contributed by atoms with van der Waals surface area (Å²) in [5, 5.41) is 21.0. The number of fused-ring (bicyclic) bond motifs is 4. The second kappa shape index (κ2) is 12.3. The number of hydrogen-bond acceptors (Lipinski definition) is 4. The van der Waals surface area contributed by atoms with Gasteiger partial charge in [-0.25, -0.2) is 0 Å². The van der Waals surface area contributed by atoms with E-state index >= 15 is 0 Å². The van der Waals surface area contributed by atoms with E-state index in [0.717, 1.165) is 73.6 Å². The van der Waals surface area contributed by atoms with Crippen LogP contribution in [0.2, 0.25) is 0 Å². The van der Waals surface area contributed by atoms with Crippen LogP contribution in [0.1, 0.15) is 92.0 Å². The monoisotopic (exact) mass is 584 g/mol. The van der Waals surface area contributed by atoms with E-state index in [1.165, 1.54) is 22.3 Å². The topological polar surface area (TPSA) is 74.6 Å². The molecule has 0 aliphatic heterocycles. The van der Waals surface area contributed by atoms with Crippen molar-refractivity contribution in [3.8, 4) is 0 Å². The molecule has 2 N–H and O–H groups in total. The Balaban J connectivity index is 0.000000142. The van der Waals surface area contributed by atoms with Crippen LogP contribution in [0.4, 0.5) is 0 Å². The Morgan fingerprint density at radius 3 is 1.20 bits per heavy atom. The van der Waals surface area contributed by atoms with Gasteiger partial charge in [-0.3, -0.25) is 9.59 Å². The number of aliphatic hydroxyl groups is 2. The van der Waals surface area contributed by atoms with Crippen LogP contribution in [-0.2, 0) is 25.7 Å². The molecule has 8 rings (SSSR count). The summed E-state index contributed by atoms with van der Waals surface area (Å²) in [6, 6.07) is 32.2. The highest BCUT2D eigenvalue weighted by atomic mass is 16.3. The van der Waals surface area contributed by atoms with Crippen molar-refractivity contribution in [2.75, 3.05) is 0 Å². The van der Waals surface area contributed by atoms with Gasteiger partial charge in [0, 0.05) is 23.0 Å². The first-order chi connectivity index (χ1) is 21.5. The Labute approximate surface area is 259 Å². The Morgan fingerprint density at radius 2 is 0.818 bits per heavy atom. The van der Waals surface area contributed by atoms with Gasteiger partial charge in [-0.05, 0) is 96.6 Å². The first kappa shape index (κ1) is 28.9. The van der Waals surface area contributed by atoms with E-state index < -0.39 is 0 Å². The number of carbonyl (C=O) groups is 2. The third kappa shape index (κ3) is 5.46. The zero-order valence-electron chi connectivity index (χ0n) is 25.1. The number of ketones is 2. The van der Waals surface area contributed by atoms with Crippen LogP contribution in [0.25, 0.3) is 0 Å². The first-order valence-electron chi connectivity index (χ1n) is 16.2. The fourth-order valence-electron chi connectivity index (χ4n) is 8.16. The van der Waals surface area contributed by atoms with Crippen molar-refractivity contribution in [3.63, 3.8) is 0 Å². The van der Waals surface area contributed by atoms with Crippen LogP contribution >= 0.6 is 0 Å². The van der Waals surface area contributed by atoms with Crippen molar-refractivity contribution in [2.24, 2.45) is 23.7 Å². The summed E-state index contributed by atoms with van der Waals surface area (Å²) in [5.74, 6) is 1.25. The molecule has 44 heavy (non-hydrogen) atoms. The minimum absolute atomic E-state index is 0.0638. The highest BCUT2D eigenvalue weighted by Crippen LogP contribution is 2.43. The summed E-state index contributed by atoms with van der Waals surface area (Å²) in [6.45, 7) is 0. The predicted molar refractivity (Wildman–Crippen MR) is 172 cm³/mol. The molecule has 6 unspecified atom stereocenters. The number of aliphatic hydroxyl groups excluding tert-OH is 2. The summed E-state index contributed by atoms with van der Waals surface area (Å²) in [7, 11) is 0. The zero-order chi connectivity index (χ0) is 30.2. The molecule has 4 aliphatic carbocycles. The quantitative estimate of drug-likeness (QED) is 0.247. The SMILES string of the molecule is O=C1c2ccccc2CC1CCC1Cc2ccccc2C1=O.OC1c2ccccc2CC1CCC1Cc2ccccc2C1O. The van der Waals surface area contributed by atoms with E-state index in [-0.39, 0.29) is 35.6 Å². The second-order valence-corrected chi connectivity index (χ2v) is 13.2. The lowest BCUT2D eigenvalue weighted by Crippen LogP contribution is -2.14. The molecule has 4 aromatic carbocycles. The molecule has 0 aromatic heterocycles. The molecule has 6 atom stereocenters. The number of hydrogen-bond donors (Lipinski definition) is 2. The van der Waals surface area contributed by atoms with Crippen LogP contribution in [-0.4, -0.2) is 21.8 Å². The molecular formula is C40H40O4. The van der Waals surface area contributed by atoms with Crippen LogP contribution in [0.5, 0.6) is 0 Å². The number of rotatable bonds is 6. The smallest absolute Gasteiger partial charge is 0.166 e. The lowest BCUT2D eigenvalue weighted by molar-refractivity contribution is 0.0888. The van der Waals surface area contributed by atoms with Crippen molar-refractivity contribution in [1.82, 2.24) is 0 Å². The van der Waals surface area contributed by atoms with Gasteiger partial charge in [-0.1, -0.05) is 97.1 Å². The average Bonchev–Trinajstić information content (AvgIpc) is 3.77. The summed E-state index contributed by atoms with van der Waals surface area (Å²) in [5.41, 5.74) is 8.87. The minimum Gasteiger partial charge on any atom is -0.388 e. The summed E-state index contributed by atoms with van der Waals surface area (Å²) in [4.78, 5) is 24.8. The predicted octanol–water partition coefficient (Wildman–Crippen LogP) is 7.46. The molecule has 4 nitrogen and oxygen atoms in total. The maximum Gasteiger partial charge on any atom is 0.166 e. The largest absolute Gasteiger partial charge is 0.388 e. The van der Waals surface area contributed by atoms with E-state index in [1.54, 1.807) is 0 Å². The van der Waals surface area contributed by atoms with Crippen molar-refractivity contribution in [2.45, 2.75) is 63.6 Å². The van der Waals surface area contributed by atoms with Crippen LogP contribution in [0.15, 0.2) is 97.1 Å². The first-order valence-corrected chi connectivity index (χ1v) is 16.2. The molecule has 0 fully saturated rings. The van der Waals surface area contributed by atoms with Gasteiger partial charge in [-0.15, -0.1) is 0 Å². The number of benzene rings is 4. The fourth-order valence-corrected chi connectivity index (χ4v) is 8.16. The Bertz CT molecular complexity index is 1560. The van der Waals surface area contributed by atoms with Crippen LogP contribution < -0.4 is 0 Å². The Morgan fingerprint density at radius 1 is 0.455 bits per heavy atom. The van der Waals surface area contributed by atoms with Crippen molar-refractivity contribution in [3.05, 3.63) is 142 Å². The molecule has 0 bridgehead atoms. The standard InChI is InChI=1S/C20H22O2.C20H18O2/c2*21-19-15(11-13-5-1-3-7-17(13)19)9-10-16-12-14-6-2-4-8-18(14)20(16)22/h1-8,15-16,19-22H,9-12H2;1-8,15-16H,9-12H2. The molecular weight excluding hydrogens is 544 g/mol. The third-order valence-corrected chi connectivity index (χ3v) is 10.6. The third-order valence-electron chi connectivity index (χ3n) is 10.6. The molecule has 224 valence electrons. The highest BCUT2D eigenvalue weighted by Gasteiger charge is 2.36. The van der Waals surface area contributed by atoms with E-state index in [2.05, 4.69) is 12.1 Å². The van der Waals surface area contributed by atoms with Gasteiger partial charge >= 0.3 is 0 Å². The molecule has 4 heteroatoms. The molecule has 4 aliphatic rings. The average molecular weight is 585 g/mol. The molecule has 0 radical (unpaired) electrons. The van der Waals surface area contributed by atoms with Gasteiger partial charge in [0.25, 0.3) is 0 Å².